The average Bonchev–Trinajstić information content (AvgIpc) is 2.36. The lowest BCUT2D eigenvalue weighted by molar-refractivity contribution is -0.140. The van der Waals surface area contributed by atoms with Crippen LogP contribution in [0.5, 0.6) is 0 Å². The molecule has 0 saturated carbocycles. The van der Waals surface area contributed by atoms with Gasteiger partial charge in [0.15, 0.2) is 0 Å². The summed E-state index contributed by atoms with van der Waals surface area (Å²) in [6.45, 7) is 3.24. The molecule has 0 atom stereocenters. The van der Waals surface area contributed by atoms with Gasteiger partial charge >= 0.3 is 11.8 Å². The first-order valence-corrected chi connectivity index (χ1v) is 5.55. The SMILES string of the molecule is CC(C)(CO)NC(=O)C(=O)NCc1cccnc1. The maximum atomic E-state index is 11.5. The molecule has 0 aliphatic carbocycles. The van der Waals surface area contributed by atoms with Crippen molar-refractivity contribution in [2.45, 2.75) is 25.9 Å². The van der Waals surface area contributed by atoms with Crippen molar-refractivity contribution in [3.05, 3.63) is 30.1 Å². The van der Waals surface area contributed by atoms with Crippen molar-refractivity contribution >= 4 is 11.8 Å². The number of aliphatic hydroxyl groups excluding tert-OH is 1. The number of amides is 2. The number of carbonyl (C=O) groups is 2. The van der Waals surface area contributed by atoms with Gasteiger partial charge in [0.1, 0.15) is 0 Å². The van der Waals surface area contributed by atoms with Crippen molar-refractivity contribution in [2.24, 2.45) is 0 Å². The minimum Gasteiger partial charge on any atom is -0.394 e. The Bertz CT molecular complexity index is 418. The molecular weight excluding hydrogens is 234 g/mol. The molecule has 1 aromatic heterocycles. The maximum absolute atomic E-state index is 11.5. The Balaban J connectivity index is 2.44. The molecule has 0 fully saturated rings. The van der Waals surface area contributed by atoms with Gasteiger partial charge in [0.25, 0.3) is 0 Å². The molecule has 0 aliphatic heterocycles. The Morgan fingerprint density at radius 1 is 1.39 bits per heavy atom. The van der Waals surface area contributed by atoms with Crippen molar-refractivity contribution in [2.75, 3.05) is 6.61 Å². The second kappa shape index (κ2) is 6.11. The van der Waals surface area contributed by atoms with Gasteiger partial charge in [0, 0.05) is 18.9 Å². The van der Waals surface area contributed by atoms with Gasteiger partial charge in [-0.25, -0.2) is 0 Å². The number of nitrogens with zero attached hydrogens (tertiary/aromatic N) is 1. The summed E-state index contributed by atoms with van der Waals surface area (Å²) in [5, 5.41) is 13.9. The van der Waals surface area contributed by atoms with Crippen molar-refractivity contribution in [3.63, 3.8) is 0 Å². The summed E-state index contributed by atoms with van der Waals surface area (Å²) in [7, 11) is 0. The van der Waals surface area contributed by atoms with Gasteiger partial charge in [-0.3, -0.25) is 14.6 Å². The van der Waals surface area contributed by atoms with E-state index in [-0.39, 0.29) is 13.2 Å². The molecule has 0 saturated heterocycles. The molecule has 1 heterocycles. The quantitative estimate of drug-likeness (QED) is 0.634. The predicted molar refractivity (Wildman–Crippen MR) is 65.4 cm³/mol. The summed E-state index contributed by atoms with van der Waals surface area (Å²) >= 11 is 0. The Kier molecular flexibility index (Phi) is 4.79. The van der Waals surface area contributed by atoms with Crippen LogP contribution in [0.15, 0.2) is 24.5 Å². The molecule has 18 heavy (non-hydrogen) atoms. The number of aromatic nitrogens is 1. The molecule has 3 N–H and O–H groups in total. The normalized spacial score (nSPS) is 10.8. The van der Waals surface area contributed by atoms with Crippen LogP contribution in [0.25, 0.3) is 0 Å². The monoisotopic (exact) mass is 251 g/mol. The van der Waals surface area contributed by atoms with E-state index in [0.717, 1.165) is 5.56 Å². The molecule has 0 spiro atoms. The zero-order valence-corrected chi connectivity index (χ0v) is 10.4. The minimum atomic E-state index is -0.817. The average molecular weight is 251 g/mol. The zero-order valence-electron chi connectivity index (χ0n) is 10.4. The van der Waals surface area contributed by atoms with E-state index in [4.69, 9.17) is 5.11 Å². The van der Waals surface area contributed by atoms with Crippen molar-refractivity contribution in [3.8, 4) is 0 Å². The number of pyridine rings is 1. The van der Waals surface area contributed by atoms with Crippen LogP contribution in [0.2, 0.25) is 0 Å². The molecule has 0 bridgehead atoms. The summed E-state index contributed by atoms with van der Waals surface area (Å²) in [5.41, 5.74) is -0.0111. The largest absolute Gasteiger partial charge is 0.394 e. The predicted octanol–water partition coefficient (Wildman–Crippen LogP) is -0.415. The fraction of sp³-hybridized carbons (Fsp3) is 0.417. The number of aliphatic hydroxyl groups is 1. The summed E-state index contributed by atoms with van der Waals surface area (Å²) < 4.78 is 0. The van der Waals surface area contributed by atoms with Crippen LogP contribution in [0, 0.1) is 0 Å². The van der Waals surface area contributed by atoms with E-state index in [0.29, 0.717) is 0 Å². The van der Waals surface area contributed by atoms with E-state index in [1.807, 2.05) is 0 Å². The summed E-state index contributed by atoms with van der Waals surface area (Å²) in [6.07, 6.45) is 3.23. The first kappa shape index (κ1) is 14.1. The van der Waals surface area contributed by atoms with Gasteiger partial charge in [-0.1, -0.05) is 6.07 Å². The van der Waals surface area contributed by atoms with Gasteiger partial charge in [0.05, 0.1) is 12.1 Å². The molecule has 6 nitrogen and oxygen atoms in total. The smallest absolute Gasteiger partial charge is 0.309 e. The number of hydrogen-bond acceptors (Lipinski definition) is 4. The number of rotatable bonds is 4. The van der Waals surface area contributed by atoms with Gasteiger partial charge < -0.3 is 15.7 Å². The van der Waals surface area contributed by atoms with Crippen molar-refractivity contribution < 1.29 is 14.7 Å². The molecule has 2 amide bonds. The highest BCUT2D eigenvalue weighted by Crippen LogP contribution is 1.99. The summed E-state index contributed by atoms with van der Waals surface area (Å²) in [4.78, 5) is 26.9. The van der Waals surface area contributed by atoms with E-state index in [1.165, 1.54) is 0 Å². The van der Waals surface area contributed by atoms with Gasteiger partial charge in [-0.05, 0) is 25.5 Å². The lowest BCUT2D eigenvalue weighted by Crippen LogP contribution is -2.51. The summed E-state index contributed by atoms with van der Waals surface area (Å²) in [5.74, 6) is -1.50. The van der Waals surface area contributed by atoms with Crippen molar-refractivity contribution in [1.29, 1.82) is 0 Å². The van der Waals surface area contributed by atoms with Crippen LogP contribution in [0.4, 0.5) is 0 Å². The Labute approximate surface area is 105 Å². The third-order valence-electron chi connectivity index (χ3n) is 2.23. The minimum absolute atomic E-state index is 0.236. The van der Waals surface area contributed by atoms with E-state index in [1.54, 1.807) is 38.4 Å². The number of nitrogens with one attached hydrogen (secondary N) is 2. The molecule has 98 valence electrons. The highest BCUT2D eigenvalue weighted by atomic mass is 16.3. The van der Waals surface area contributed by atoms with Crippen LogP contribution < -0.4 is 10.6 Å². The highest BCUT2D eigenvalue weighted by molar-refractivity contribution is 6.35. The number of hydrogen-bond donors (Lipinski definition) is 3. The third-order valence-corrected chi connectivity index (χ3v) is 2.23. The van der Waals surface area contributed by atoms with E-state index in [9.17, 15) is 9.59 Å². The van der Waals surface area contributed by atoms with Crippen LogP contribution >= 0.6 is 0 Å². The van der Waals surface area contributed by atoms with Gasteiger partial charge in [0.2, 0.25) is 0 Å². The number of carbonyl (C=O) groups excluding carboxylic acids is 2. The van der Waals surface area contributed by atoms with Gasteiger partial charge in [-0.15, -0.1) is 0 Å². The van der Waals surface area contributed by atoms with E-state index >= 15 is 0 Å². The van der Waals surface area contributed by atoms with Gasteiger partial charge in [-0.2, -0.15) is 0 Å². The molecule has 0 aliphatic rings. The second-order valence-corrected chi connectivity index (χ2v) is 4.54. The molecule has 1 aromatic rings. The lowest BCUT2D eigenvalue weighted by atomic mass is 10.1. The van der Waals surface area contributed by atoms with Crippen LogP contribution in [-0.2, 0) is 16.1 Å². The molecule has 0 unspecified atom stereocenters. The first-order valence-electron chi connectivity index (χ1n) is 5.55. The van der Waals surface area contributed by atoms with E-state index in [2.05, 4.69) is 15.6 Å². The molecular formula is C12H17N3O3. The first-order chi connectivity index (χ1) is 8.44. The fourth-order valence-corrected chi connectivity index (χ4v) is 1.17. The van der Waals surface area contributed by atoms with Crippen LogP contribution in [0.1, 0.15) is 19.4 Å². The topological polar surface area (TPSA) is 91.3 Å². The maximum Gasteiger partial charge on any atom is 0.309 e. The highest BCUT2D eigenvalue weighted by Gasteiger charge is 2.23. The van der Waals surface area contributed by atoms with Crippen LogP contribution in [0.3, 0.4) is 0 Å². The lowest BCUT2D eigenvalue weighted by Gasteiger charge is -2.22. The zero-order chi connectivity index (χ0) is 13.6. The Hall–Kier alpha value is -1.95. The standard InChI is InChI=1S/C12H17N3O3/c1-12(2,8-16)15-11(18)10(17)14-7-9-4-3-5-13-6-9/h3-6,16H,7-8H2,1-2H3,(H,14,17)(H,15,18). The Morgan fingerprint density at radius 2 is 2.11 bits per heavy atom. The second-order valence-electron chi connectivity index (χ2n) is 4.54. The molecule has 0 radical (unpaired) electrons. The summed E-state index contributed by atoms with van der Waals surface area (Å²) in [6, 6.07) is 3.54. The Morgan fingerprint density at radius 3 is 2.67 bits per heavy atom. The van der Waals surface area contributed by atoms with E-state index < -0.39 is 17.4 Å². The van der Waals surface area contributed by atoms with Crippen molar-refractivity contribution in [1.82, 2.24) is 15.6 Å². The fourth-order valence-electron chi connectivity index (χ4n) is 1.17. The molecule has 1 rings (SSSR count). The molecule has 6 heteroatoms. The molecule has 0 aromatic carbocycles. The van der Waals surface area contributed by atoms with Crippen LogP contribution in [-0.4, -0.2) is 34.1 Å². The third kappa shape index (κ3) is 4.50.